The molecule has 4 aromatic carbocycles. The molecule has 0 unspecified atom stereocenters. The van der Waals surface area contributed by atoms with Crippen LogP contribution in [-0.2, 0) is 39.4 Å². The quantitative estimate of drug-likeness (QED) is 0.0849. The van der Waals surface area contributed by atoms with Crippen molar-refractivity contribution in [3.8, 4) is 46.3 Å². The normalized spacial score (nSPS) is 10.8. The molecule has 6 rings (SSSR count). The number of ether oxygens (including phenoxy) is 4. The lowest BCUT2D eigenvalue weighted by Gasteiger charge is -2.19. The van der Waals surface area contributed by atoms with Gasteiger partial charge >= 0.3 is 0 Å². The molecule has 0 bridgehead atoms. The number of benzene rings is 4. The maximum absolute atomic E-state index is 9.31. The van der Waals surface area contributed by atoms with Gasteiger partial charge in [-0.05, 0) is 96.4 Å². The number of nitriles is 2. The lowest BCUT2D eigenvalue weighted by atomic mass is 9.92. The zero-order valence-electron chi connectivity index (χ0n) is 34.3. The smallest absolute Gasteiger partial charge is 0.142 e. The molecule has 0 atom stereocenters. The van der Waals surface area contributed by atoms with Crippen LogP contribution >= 0.6 is 23.2 Å². The summed E-state index contributed by atoms with van der Waals surface area (Å²) in [5, 5.41) is 23.0. The molecule has 0 fully saturated rings. The molecule has 0 aliphatic rings. The Morgan fingerprint density at radius 2 is 1.07 bits per heavy atom. The summed E-state index contributed by atoms with van der Waals surface area (Å²) in [7, 11) is 0. The summed E-state index contributed by atoms with van der Waals surface area (Å²) in [6.07, 6.45) is 9.28. The van der Waals surface area contributed by atoms with Gasteiger partial charge in [-0.25, -0.2) is 0 Å². The van der Waals surface area contributed by atoms with Gasteiger partial charge in [0.05, 0.1) is 21.2 Å². The van der Waals surface area contributed by atoms with Crippen molar-refractivity contribution < 1.29 is 18.9 Å². The fourth-order valence-corrected chi connectivity index (χ4v) is 7.24. The Morgan fingerprint density at radius 1 is 0.583 bits per heavy atom. The van der Waals surface area contributed by atoms with E-state index in [2.05, 4.69) is 72.5 Å². The van der Waals surface area contributed by atoms with Crippen LogP contribution in [0.4, 0.5) is 0 Å². The van der Waals surface area contributed by atoms with Gasteiger partial charge in [0, 0.05) is 60.2 Å². The second kappa shape index (κ2) is 21.2. The van der Waals surface area contributed by atoms with Crippen molar-refractivity contribution in [3.05, 3.63) is 163 Å². The van der Waals surface area contributed by atoms with Gasteiger partial charge in [0.1, 0.15) is 61.6 Å². The molecular weight excluding hydrogens is 793 g/mol. The first-order valence-corrected chi connectivity index (χ1v) is 20.7. The molecule has 0 spiro atoms. The van der Waals surface area contributed by atoms with E-state index >= 15 is 0 Å². The van der Waals surface area contributed by atoms with Gasteiger partial charge in [0.25, 0.3) is 0 Å². The van der Waals surface area contributed by atoms with Crippen LogP contribution in [0.5, 0.6) is 23.0 Å². The van der Waals surface area contributed by atoms with E-state index in [-0.39, 0.29) is 13.2 Å². The first kappa shape index (κ1) is 43.5. The maximum Gasteiger partial charge on any atom is 0.142 e. The van der Waals surface area contributed by atoms with E-state index < -0.39 is 0 Å². The molecule has 0 saturated heterocycles. The third-order valence-electron chi connectivity index (χ3n) is 10.2. The summed E-state index contributed by atoms with van der Waals surface area (Å²) < 4.78 is 25.3. The van der Waals surface area contributed by atoms with Crippen LogP contribution in [0, 0.1) is 36.5 Å². The highest BCUT2D eigenvalue weighted by molar-refractivity contribution is 6.32. The Bertz CT molecular complexity index is 2360. The monoisotopic (exact) mass is 839 g/mol. The van der Waals surface area contributed by atoms with Gasteiger partial charge in [-0.15, -0.1) is 0 Å². The van der Waals surface area contributed by atoms with Gasteiger partial charge in [0.15, 0.2) is 0 Å². The van der Waals surface area contributed by atoms with Crippen molar-refractivity contribution in [2.75, 3.05) is 6.54 Å². The molecule has 2 aromatic heterocycles. The van der Waals surface area contributed by atoms with E-state index in [1.165, 1.54) is 12.4 Å². The molecule has 0 aliphatic heterocycles. The standard InChI is InChI=1S/C49H47Cl2N5O4/c1-5-7-10-38-17-44(50)48(19-46(38)57-28-36-15-34(21-52)23-55-25-36)59-30-39-11-8-13-42(32(39)3)43-14-9-12-40(33(43)4)31-60-49-20-47(41(18-45(49)51)27-54-6-2)58-29-37-16-35(22-53)24-56-26-37/h8-9,11-20,23-26,54H,5-7,10,27-31H2,1-4H3. The number of aromatic nitrogens is 2. The SMILES string of the molecule is CCCCc1cc(Cl)c(OCc2cccc(-c3cccc(COc4cc(OCc5cncc(C#N)c5)c(CNCC)cc4Cl)c3C)c2C)cc1OCc1cncc(C#N)c1. The number of aryl methyl sites for hydroxylation is 1. The number of rotatable bonds is 19. The summed E-state index contributed by atoms with van der Waals surface area (Å²) >= 11 is 13.6. The summed E-state index contributed by atoms with van der Waals surface area (Å²) in [6.45, 7) is 10.8. The average molecular weight is 841 g/mol. The number of nitrogens with one attached hydrogen (secondary N) is 1. The fraction of sp³-hybridized carbons (Fsp3) is 0.265. The molecule has 0 amide bonds. The Labute approximate surface area is 362 Å². The molecular formula is C49H47Cl2N5O4. The number of unbranched alkanes of at least 4 members (excludes halogenated alkanes) is 1. The summed E-state index contributed by atoms with van der Waals surface area (Å²) in [5.74, 6) is 2.37. The molecule has 0 radical (unpaired) electrons. The van der Waals surface area contributed by atoms with Crippen LogP contribution in [0.25, 0.3) is 11.1 Å². The van der Waals surface area contributed by atoms with Gasteiger partial charge in [0.2, 0.25) is 0 Å². The molecule has 9 nitrogen and oxygen atoms in total. The largest absolute Gasteiger partial charge is 0.488 e. The first-order valence-electron chi connectivity index (χ1n) is 19.9. The van der Waals surface area contributed by atoms with E-state index in [0.717, 1.165) is 81.4 Å². The Balaban J connectivity index is 1.18. The molecule has 0 saturated carbocycles. The summed E-state index contributed by atoms with van der Waals surface area (Å²) in [6, 6.07) is 27.7. The van der Waals surface area contributed by atoms with Crippen molar-refractivity contribution in [1.82, 2.24) is 15.3 Å². The van der Waals surface area contributed by atoms with E-state index in [4.69, 9.17) is 42.1 Å². The number of hydrogen-bond donors (Lipinski definition) is 1. The fourth-order valence-electron chi connectivity index (χ4n) is 6.75. The molecule has 0 aliphatic carbocycles. The molecule has 2 heterocycles. The molecule has 6 aromatic rings. The van der Waals surface area contributed by atoms with E-state index in [9.17, 15) is 10.5 Å². The van der Waals surface area contributed by atoms with Crippen molar-refractivity contribution in [1.29, 1.82) is 10.5 Å². The predicted molar refractivity (Wildman–Crippen MR) is 235 cm³/mol. The van der Waals surface area contributed by atoms with Crippen LogP contribution in [-0.4, -0.2) is 16.5 Å². The van der Waals surface area contributed by atoms with Crippen LogP contribution in [0.2, 0.25) is 10.0 Å². The lowest BCUT2D eigenvalue weighted by molar-refractivity contribution is 0.287. The van der Waals surface area contributed by atoms with Gasteiger partial charge in [-0.1, -0.05) is 79.9 Å². The highest BCUT2D eigenvalue weighted by atomic mass is 35.5. The van der Waals surface area contributed by atoms with Crippen LogP contribution in [0.1, 0.15) is 82.3 Å². The maximum atomic E-state index is 9.31. The van der Waals surface area contributed by atoms with Crippen molar-refractivity contribution in [2.24, 2.45) is 0 Å². The predicted octanol–water partition coefficient (Wildman–Crippen LogP) is 11.6. The van der Waals surface area contributed by atoms with Gasteiger partial charge in [-0.3, -0.25) is 9.97 Å². The number of pyridine rings is 2. The van der Waals surface area contributed by atoms with E-state index in [1.807, 2.05) is 43.3 Å². The summed E-state index contributed by atoms with van der Waals surface area (Å²) in [5.41, 5.74) is 10.8. The minimum atomic E-state index is 0.236. The van der Waals surface area contributed by atoms with Crippen LogP contribution in [0.3, 0.4) is 0 Å². The molecule has 1 N–H and O–H groups in total. The van der Waals surface area contributed by atoms with Crippen molar-refractivity contribution in [3.63, 3.8) is 0 Å². The summed E-state index contributed by atoms with van der Waals surface area (Å²) in [4.78, 5) is 8.32. The van der Waals surface area contributed by atoms with Crippen LogP contribution < -0.4 is 24.3 Å². The topological polar surface area (TPSA) is 122 Å². The minimum Gasteiger partial charge on any atom is -0.488 e. The van der Waals surface area contributed by atoms with Crippen molar-refractivity contribution in [2.45, 2.75) is 79.9 Å². The zero-order valence-corrected chi connectivity index (χ0v) is 35.8. The van der Waals surface area contributed by atoms with Gasteiger partial charge in [-0.2, -0.15) is 10.5 Å². The zero-order chi connectivity index (χ0) is 42.4. The molecule has 60 heavy (non-hydrogen) atoms. The van der Waals surface area contributed by atoms with E-state index in [1.54, 1.807) is 24.5 Å². The number of nitrogens with zero attached hydrogens (tertiary/aromatic N) is 4. The average Bonchev–Trinajstić information content (AvgIpc) is 3.27. The third kappa shape index (κ3) is 11.1. The Morgan fingerprint density at radius 3 is 1.55 bits per heavy atom. The van der Waals surface area contributed by atoms with Gasteiger partial charge < -0.3 is 24.3 Å². The molecule has 11 heteroatoms. The lowest BCUT2D eigenvalue weighted by Crippen LogP contribution is -2.13. The highest BCUT2D eigenvalue weighted by Crippen LogP contribution is 2.37. The van der Waals surface area contributed by atoms with Crippen LogP contribution in [0.15, 0.2) is 97.6 Å². The minimum absolute atomic E-state index is 0.236. The third-order valence-corrected chi connectivity index (χ3v) is 10.8. The second-order valence-electron chi connectivity index (χ2n) is 14.4. The highest BCUT2D eigenvalue weighted by Gasteiger charge is 2.17. The first-order chi connectivity index (χ1) is 29.2. The Hall–Kier alpha value is -6.10. The van der Waals surface area contributed by atoms with E-state index in [0.29, 0.717) is 63.9 Å². The van der Waals surface area contributed by atoms with Crippen molar-refractivity contribution >= 4 is 23.2 Å². The number of hydrogen-bond acceptors (Lipinski definition) is 9. The molecule has 306 valence electrons. The Kier molecular flexibility index (Phi) is 15.4. The number of halogens is 2. The second-order valence-corrected chi connectivity index (χ2v) is 15.2.